The summed E-state index contributed by atoms with van der Waals surface area (Å²) in [5, 5.41) is 8.62. The number of carbonyl (C=O) groups is 2. The quantitative estimate of drug-likeness (QED) is 0.638. The number of ether oxygens (including phenoxy) is 1. The van der Waals surface area contributed by atoms with Crippen molar-refractivity contribution in [3.05, 3.63) is 54.1 Å². The minimum Gasteiger partial charge on any atom is -0.497 e. The van der Waals surface area contributed by atoms with Crippen molar-refractivity contribution in [1.82, 2.24) is 10.2 Å². The SMILES string of the molecule is COc1ccc(C(CNC(=O)Nc2ccc(NC(=O)C3CC3)cc2)N(C)C)cc1. The van der Waals surface area contributed by atoms with Crippen molar-refractivity contribution in [3.8, 4) is 5.75 Å². The van der Waals surface area contributed by atoms with Gasteiger partial charge in [0.15, 0.2) is 0 Å². The van der Waals surface area contributed by atoms with Gasteiger partial charge in [-0.05, 0) is 68.9 Å². The van der Waals surface area contributed by atoms with Gasteiger partial charge in [-0.3, -0.25) is 4.79 Å². The van der Waals surface area contributed by atoms with E-state index in [1.165, 1.54) is 0 Å². The number of amides is 3. The van der Waals surface area contributed by atoms with Crippen molar-refractivity contribution < 1.29 is 14.3 Å². The van der Waals surface area contributed by atoms with Gasteiger partial charge in [0.2, 0.25) is 5.91 Å². The molecule has 2 aromatic rings. The normalized spacial score (nSPS) is 14.2. The Morgan fingerprint density at radius 1 is 1.00 bits per heavy atom. The van der Waals surface area contributed by atoms with Gasteiger partial charge in [-0.15, -0.1) is 0 Å². The van der Waals surface area contributed by atoms with Gasteiger partial charge >= 0.3 is 6.03 Å². The molecule has 0 spiro atoms. The molecule has 1 saturated carbocycles. The van der Waals surface area contributed by atoms with Gasteiger partial charge in [0.05, 0.1) is 13.2 Å². The lowest BCUT2D eigenvalue weighted by Gasteiger charge is -2.25. The first-order valence-corrected chi connectivity index (χ1v) is 9.72. The first-order valence-electron chi connectivity index (χ1n) is 9.72. The highest BCUT2D eigenvalue weighted by Gasteiger charge is 2.29. The summed E-state index contributed by atoms with van der Waals surface area (Å²) >= 11 is 0. The highest BCUT2D eigenvalue weighted by molar-refractivity contribution is 5.94. The van der Waals surface area contributed by atoms with Crippen LogP contribution in [-0.4, -0.2) is 44.6 Å². The third-order valence-corrected chi connectivity index (χ3v) is 4.94. The van der Waals surface area contributed by atoms with Crippen LogP contribution < -0.4 is 20.7 Å². The maximum absolute atomic E-state index is 12.3. The molecule has 0 aromatic heterocycles. The second kappa shape index (κ2) is 9.43. The summed E-state index contributed by atoms with van der Waals surface area (Å²) in [6, 6.07) is 14.7. The number of anilines is 2. The Morgan fingerprint density at radius 2 is 1.59 bits per heavy atom. The number of nitrogens with one attached hydrogen (secondary N) is 3. The summed E-state index contributed by atoms with van der Waals surface area (Å²) in [6.45, 7) is 0.459. The molecule has 3 amide bonds. The second-order valence-electron chi connectivity index (χ2n) is 7.43. The van der Waals surface area contributed by atoms with Gasteiger partial charge < -0.3 is 25.6 Å². The van der Waals surface area contributed by atoms with Crippen LogP contribution in [0.25, 0.3) is 0 Å². The molecule has 0 radical (unpaired) electrons. The van der Waals surface area contributed by atoms with Crippen LogP contribution in [0.5, 0.6) is 5.75 Å². The van der Waals surface area contributed by atoms with Crippen molar-refractivity contribution in [2.75, 3.05) is 38.4 Å². The molecule has 7 heteroatoms. The predicted molar refractivity (Wildman–Crippen MR) is 114 cm³/mol. The minimum absolute atomic E-state index is 0.0340. The maximum atomic E-state index is 12.3. The molecule has 1 aliphatic rings. The van der Waals surface area contributed by atoms with Crippen LogP contribution in [0.1, 0.15) is 24.4 Å². The smallest absolute Gasteiger partial charge is 0.319 e. The molecule has 29 heavy (non-hydrogen) atoms. The first kappa shape index (κ1) is 20.7. The largest absolute Gasteiger partial charge is 0.497 e. The van der Waals surface area contributed by atoms with Gasteiger partial charge in [-0.2, -0.15) is 0 Å². The number of nitrogens with zero attached hydrogens (tertiary/aromatic N) is 1. The molecule has 154 valence electrons. The number of likely N-dealkylation sites (N-methyl/N-ethyl adjacent to an activating group) is 1. The monoisotopic (exact) mass is 396 g/mol. The Kier molecular flexibility index (Phi) is 6.72. The number of urea groups is 1. The van der Waals surface area contributed by atoms with E-state index in [-0.39, 0.29) is 23.9 Å². The molecule has 1 aliphatic carbocycles. The summed E-state index contributed by atoms with van der Waals surface area (Å²) in [6.07, 6.45) is 1.94. The Hall–Kier alpha value is -3.06. The molecule has 1 fully saturated rings. The summed E-state index contributed by atoms with van der Waals surface area (Å²) in [4.78, 5) is 26.1. The zero-order chi connectivity index (χ0) is 20.8. The third-order valence-electron chi connectivity index (χ3n) is 4.94. The van der Waals surface area contributed by atoms with Gasteiger partial charge in [0, 0.05) is 23.8 Å². The molecule has 0 aliphatic heterocycles. The minimum atomic E-state index is -0.278. The number of benzene rings is 2. The van der Waals surface area contributed by atoms with Crippen LogP contribution in [0.15, 0.2) is 48.5 Å². The number of hydrogen-bond donors (Lipinski definition) is 3. The average Bonchev–Trinajstić information content (AvgIpc) is 3.55. The van der Waals surface area contributed by atoms with Crippen LogP contribution in [0.4, 0.5) is 16.2 Å². The Morgan fingerprint density at radius 3 is 2.10 bits per heavy atom. The Labute approximate surface area is 171 Å². The van der Waals surface area contributed by atoms with E-state index in [0.29, 0.717) is 12.2 Å². The van der Waals surface area contributed by atoms with Crippen molar-refractivity contribution in [2.45, 2.75) is 18.9 Å². The molecule has 0 saturated heterocycles. The van der Waals surface area contributed by atoms with Crippen LogP contribution in [0.3, 0.4) is 0 Å². The third kappa shape index (κ3) is 5.96. The first-order chi connectivity index (χ1) is 14.0. The molecular formula is C22H28N4O3. The van der Waals surface area contributed by atoms with Crippen molar-refractivity contribution >= 4 is 23.3 Å². The van der Waals surface area contributed by atoms with Gasteiger partial charge in [-0.1, -0.05) is 12.1 Å². The van der Waals surface area contributed by atoms with E-state index in [0.717, 1.165) is 29.8 Å². The second-order valence-corrected chi connectivity index (χ2v) is 7.43. The predicted octanol–water partition coefficient (Wildman–Crippen LogP) is 3.47. The Bertz CT molecular complexity index is 830. The zero-order valence-corrected chi connectivity index (χ0v) is 17.1. The van der Waals surface area contributed by atoms with Crippen molar-refractivity contribution in [2.24, 2.45) is 5.92 Å². The lowest BCUT2D eigenvalue weighted by molar-refractivity contribution is -0.117. The molecule has 3 rings (SSSR count). The summed E-state index contributed by atoms with van der Waals surface area (Å²) < 4.78 is 5.20. The van der Waals surface area contributed by atoms with Crippen LogP contribution in [0.2, 0.25) is 0 Å². The fraction of sp³-hybridized carbons (Fsp3) is 0.364. The topological polar surface area (TPSA) is 82.7 Å². The Balaban J connectivity index is 1.51. The number of rotatable bonds is 8. The molecule has 0 heterocycles. The van der Waals surface area contributed by atoms with Gasteiger partial charge in [-0.25, -0.2) is 4.79 Å². The van der Waals surface area contributed by atoms with E-state index < -0.39 is 0 Å². The van der Waals surface area contributed by atoms with Crippen LogP contribution in [0, 0.1) is 5.92 Å². The lowest BCUT2D eigenvalue weighted by Crippen LogP contribution is -2.36. The number of methoxy groups -OCH3 is 1. The van der Waals surface area contributed by atoms with E-state index >= 15 is 0 Å². The van der Waals surface area contributed by atoms with Gasteiger partial charge in [0.25, 0.3) is 0 Å². The van der Waals surface area contributed by atoms with E-state index in [2.05, 4.69) is 20.9 Å². The lowest BCUT2D eigenvalue weighted by atomic mass is 10.1. The number of carbonyl (C=O) groups excluding carboxylic acids is 2. The van der Waals surface area contributed by atoms with Crippen LogP contribution in [-0.2, 0) is 4.79 Å². The standard InChI is InChI=1S/C22H28N4O3/c1-26(2)20(15-6-12-19(29-3)13-7-15)14-23-22(28)25-18-10-8-17(9-11-18)24-21(27)16-4-5-16/h6-13,16,20H,4-5,14H2,1-3H3,(H,24,27)(H2,23,25,28). The molecule has 3 N–H and O–H groups in total. The molecule has 1 atom stereocenters. The summed E-state index contributed by atoms with van der Waals surface area (Å²) in [7, 11) is 5.59. The molecular weight excluding hydrogens is 368 g/mol. The molecule has 1 unspecified atom stereocenters. The van der Waals surface area contributed by atoms with E-state index in [4.69, 9.17) is 4.74 Å². The maximum Gasteiger partial charge on any atom is 0.319 e. The summed E-state index contributed by atoms with van der Waals surface area (Å²) in [5.74, 6) is 1.03. The molecule has 2 aromatic carbocycles. The average molecular weight is 396 g/mol. The van der Waals surface area contributed by atoms with Crippen LogP contribution >= 0.6 is 0 Å². The zero-order valence-electron chi connectivity index (χ0n) is 17.1. The fourth-order valence-electron chi connectivity index (χ4n) is 3.02. The van der Waals surface area contributed by atoms with Crippen molar-refractivity contribution in [3.63, 3.8) is 0 Å². The van der Waals surface area contributed by atoms with Crippen molar-refractivity contribution in [1.29, 1.82) is 0 Å². The molecule has 7 nitrogen and oxygen atoms in total. The number of hydrogen-bond acceptors (Lipinski definition) is 4. The highest BCUT2D eigenvalue weighted by Crippen LogP contribution is 2.30. The van der Waals surface area contributed by atoms with Gasteiger partial charge in [0.1, 0.15) is 5.75 Å². The molecule has 0 bridgehead atoms. The summed E-state index contributed by atoms with van der Waals surface area (Å²) in [5.41, 5.74) is 2.49. The fourth-order valence-corrected chi connectivity index (χ4v) is 3.02. The van der Waals surface area contributed by atoms with E-state index in [1.807, 2.05) is 38.4 Å². The highest BCUT2D eigenvalue weighted by atomic mass is 16.5. The van der Waals surface area contributed by atoms with E-state index in [1.54, 1.807) is 31.4 Å². The van der Waals surface area contributed by atoms with E-state index in [9.17, 15) is 9.59 Å².